The van der Waals surface area contributed by atoms with Crippen LogP contribution in [0.4, 0.5) is 17.1 Å². The Morgan fingerprint density at radius 3 is 1.98 bits per heavy atom. The number of aromatic nitrogens is 2. The van der Waals surface area contributed by atoms with Crippen molar-refractivity contribution in [3.8, 4) is 10.4 Å². The van der Waals surface area contributed by atoms with E-state index in [-0.39, 0.29) is 33.9 Å². The summed E-state index contributed by atoms with van der Waals surface area (Å²) in [5, 5.41) is 0. The summed E-state index contributed by atoms with van der Waals surface area (Å²) in [7, 11) is 0. The molecule has 2 aliphatic carbocycles. The monoisotopic (exact) mass is 581 g/mol. The van der Waals surface area contributed by atoms with Crippen LogP contribution >= 0.6 is 22.7 Å². The SMILES string of the molecule is CC1(C)c2cc(N(c3ccccc3)c3ccccc3)ccc2-c2sc3cc(C=C4C(=O)c5nccnc5C4=O)sc3c21. The highest BCUT2D eigenvalue weighted by Crippen LogP contribution is 2.58. The quantitative estimate of drug-likeness (QED) is 0.154. The lowest BCUT2D eigenvalue weighted by Gasteiger charge is -2.28. The molecule has 8 rings (SSSR count). The number of hydrogen-bond donors (Lipinski definition) is 0. The highest BCUT2D eigenvalue weighted by molar-refractivity contribution is 7.30. The first-order valence-electron chi connectivity index (χ1n) is 13.7. The van der Waals surface area contributed by atoms with Gasteiger partial charge in [0, 0.05) is 49.3 Å². The molecule has 0 radical (unpaired) electrons. The minimum atomic E-state index is -0.355. The molecule has 3 aromatic carbocycles. The highest BCUT2D eigenvalue weighted by atomic mass is 32.1. The van der Waals surface area contributed by atoms with Gasteiger partial charge in [-0.3, -0.25) is 9.59 Å². The van der Waals surface area contributed by atoms with Gasteiger partial charge in [-0.1, -0.05) is 56.3 Å². The normalized spacial score (nSPS) is 14.7. The molecule has 6 aromatic rings. The first kappa shape index (κ1) is 25.0. The molecule has 0 fully saturated rings. The average molecular weight is 582 g/mol. The van der Waals surface area contributed by atoms with E-state index in [2.05, 4.69) is 102 Å². The molecule has 202 valence electrons. The van der Waals surface area contributed by atoms with E-state index in [1.807, 2.05) is 12.1 Å². The fraction of sp³-hybridized carbons (Fsp3) is 0.0857. The maximum Gasteiger partial charge on any atom is 0.217 e. The number of carbonyl (C=O) groups is 2. The Morgan fingerprint density at radius 2 is 1.36 bits per heavy atom. The predicted molar refractivity (Wildman–Crippen MR) is 171 cm³/mol. The zero-order valence-corrected chi connectivity index (χ0v) is 24.4. The molecular weight excluding hydrogens is 559 g/mol. The van der Waals surface area contributed by atoms with Crippen molar-refractivity contribution in [2.75, 3.05) is 4.90 Å². The number of fused-ring (bicyclic) bond motifs is 6. The largest absolute Gasteiger partial charge is 0.310 e. The number of thiophene rings is 2. The number of hydrogen-bond acceptors (Lipinski definition) is 7. The molecule has 0 amide bonds. The molecule has 0 atom stereocenters. The van der Waals surface area contributed by atoms with Crippen LogP contribution in [-0.4, -0.2) is 21.5 Å². The topological polar surface area (TPSA) is 63.2 Å². The van der Waals surface area contributed by atoms with Crippen LogP contribution in [0.3, 0.4) is 0 Å². The Kier molecular flexibility index (Phi) is 5.45. The first-order valence-corrected chi connectivity index (χ1v) is 15.3. The third-order valence-corrected chi connectivity index (χ3v) is 10.5. The lowest BCUT2D eigenvalue weighted by atomic mass is 9.82. The lowest BCUT2D eigenvalue weighted by molar-refractivity contribution is 0.0988. The van der Waals surface area contributed by atoms with Gasteiger partial charge < -0.3 is 4.90 Å². The van der Waals surface area contributed by atoms with Gasteiger partial charge in [-0.2, -0.15) is 0 Å². The van der Waals surface area contributed by atoms with Gasteiger partial charge in [-0.25, -0.2) is 9.97 Å². The smallest absolute Gasteiger partial charge is 0.217 e. The summed E-state index contributed by atoms with van der Waals surface area (Å²) < 4.78 is 2.38. The molecule has 5 nitrogen and oxygen atoms in total. The van der Waals surface area contributed by atoms with Crippen LogP contribution in [0.5, 0.6) is 0 Å². The van der Waals surface area contributed by atoms with E-state index < -0.39 is 0 Å². The fourth-order valence-corrected chi connectivity index (χ4v) is 9.10. The molecule has 0 saturated carbocycles. The van der Waals surface area contributed by atoms with E-state index in [9.17, 15) is 9.59 Å². The lowest BCUT2D eigenvalue weighted by Crippen LogP contribution is -2.16. The first-order chi connectivity index (χ1) is 20.4. The average Bonchev–Trinajstić information content (AvgIpc) is 3.69. The second-order valence-electron chi connectivity index (χ2n) is 11.0. The van der Waals surface area contributed by atoms with Crippen molar-refractivity contribution in [1.82, 2.24) is 9.97 Å². The van der Waals surface area contributed by atoms with Gasteiger partial charge in [0.1, 0.15) is 11.4 Å². The van der Waals surface area contributed by atoms with E-state index in [4.69, 9.17) is 0 Å². The molecule has 3 aromatic heterocycles. The van der Waals surface area contributed by atoms with Gasteiger partial charge >= 0.3 is 0 Å². The summed E-state index contributed by atoms with van der Waals surface area (Å²) in [6, 6.07) is 29.8. The van der Waals surface area contributed by atoms with E-state index in [0.29, 0.717) is 0 Å². The summed E-state index contributed by atoms with van der Waals surface area (Å²) in [5.41, 5.74) is 7.39. The van der Waals surface area contributed by atoms with Gasteiger partial charge in [0.25, 0.3) is 0 Å². The van der Waals surface area contributed by atoms with Crippen molar-refractivity contribution in [3.63, 3.8) is 0 Å². The van der Waals surface area contributed by atoms with Gasteiger partial charge in [-0.05, 0) is 65.2 Å². The van der Waals surface area contributed by atoms with Crippen LogP contribution in [0.2, 0.25) is 0 Å². The number of carbonyl (C=O) groups excluding carboxylic acids is 2. The van der Waals surface area contributed by atoms with Crippen LogP contribution in [0, 0.1) is 0 Å². The van der Waals surface area contributed by atoms with E-state index in [1.54, 1.807) is 28.7 Å². The van der Waals surface area contributed by atoms with Crippen molar-refractivity contribution >= 4 is 66.8 Å². The third-order valence-electron chi connectivity index (χ3n) is 8.12. The predicted octanol–water partition coefficient (Wildman–Crippen LogP) is 8.99. The van der Waals surface area contributed by atoms with E-state index >= 15 is 0 Å². The molecule has 0 unspecified atom stereocenters. The Morgan fingerprint density at radius 1 is 0.738 bits per heavy atom. The molecule has 3 heterocycles. The minimum Gasteiger partial charge on any atom is -0.310 e. The fourth-order valence-electron chi connectivity index (χ4n) is 6.16. The number of benzene rings is 3. The van der Waals surface area contributed by atoms with Gasteiger partial charge in [-0.15, -0.1) is 22.7 Å². The Hall–Kier alpha value is -4.72. The molecule has 0 saturated heterocycles. The second-order valence-corrected chi connectivity index (χ2v) is 13.1. The maximum absolute atomic E-state index is 12.9. The summed E-state index contributed by atoms with van der Waals surface area (Å²) in [6.07, 6.45) is 4.60. The van der Waals surface area contributed by atoms with Crippen LogP contribution in [0.1, 0.15) is 50.8 Å². The molecule has 7 heteroatoms. The molecule has 0 spiro atoms. The number of Topliss-reactive ketones (excluding diaryl/α,β-unsaturated/α-hetero) is 2. The molecule has 0 bridgehead atoms. The third kappa shape index (κ3) is 3.60. The number of rotatable bonds is 4. The number of para-hydroxylation sites is 2. The zero-order chi connectivity index (χ0) is 28.6. The highest BCUT2D eigenvalue weighted by Gasteiger charge is 2.40. The molecule has 2 aliphatic rings. The zero-order valence-electron chi connectivity index (χ0n) is 22.8. The van der Waals surface area contributed by atoms with Crippen molar-refractivity contribution < 1.29 is 9.59 Å². The Labute approximate surface area is 250 Å². The second kappa shape index (κ2) is 9.14. The summed E-state index contributed by atoms with van der Waals surface area (Å²) in [4.78, 5) is 38.5. The standard InChI is InChI=1S/C35H23N3O2S2/c1-35(2)26-17-22(38(20-9-5-3-6-10-20)21-11-7-4-8-12-21)13-14-24(26)33-28(35)34-27(42-33)19-23(41-34)18-25-31(39)29-30(32(25)40)37-16-15-36-29/h3-19H,1-2H3. The van der Waals surface area contributed by atoms with E-state index in [0.717, 1.165) is 21.9 Å². The van der Waals surface area contributed by atoms with Gasteiger partial charge in [0.2, 0.25) is 11.6 Å². The Balaban J connectivity index is 1.21. The number of nitrogens with zero attached hydrogens (tertiary/aromatic N) is 3. The summed E-state index contributed by atoms with van der Waals surface area (Å²) in [6.45, 7) is 4.58. The van der Waals surface area contributed by atoms with Crippen molar-refractivity contribution in [2.45, 2.75) is 19.3 Å². The van der Waals surface area contributed by atoms with Crippen LogP contribution in [-0.2, 0) is 5.41 Å². The summed E-state index contributed by atoms with van der Waals surface area (Å²) in [5.74, 6) is -0.710. The van der Waals surface area contributed by atoms with Crippen LogP contribution < -0.4 is 4.90 Å². The minimum absolute atomic E-state index is 0.135. The van der Waals surface area contributed by atoms with Crippen molar-refractivity contribution in [1.29, 1.82) is 0 Å². The molecule has 0 aliphatic heterocycles. The number of ketones is 2. The van der Waals surface area contributed by atoms with Crippen LogP contribution in [0.15, 0.2) is 103 Å². The molecular formula is C35H23N3O2S2. The van der Waals surface area contributed by atoms with Gasteiger partial charge in [0.05, 0.1) is 10.3 Å². The van der Waals surface area contributed by atoms with Crippen molar-refractivity contribution in [3.05, 3.63) is 130 Å². The van der Waals surface area contributed by atoms with Crippen molar-refractivity contribution in [2.24, 2.45) is 0 Å². The van der Waals surface area contributed by atoms with Gasteiger partial charge in [0.15, 0.2) is 0 Å². The summed E-state index contributed by atoms with van der Waals surface area (Å²) >= 11 is 3.41. The molecule has 42 heavy (non-hydrogen) atoms. The van der Waals surface area contributed by atoms with E-state index in [1.165, 1.54) is 43.4 Å². The number of anilines is 3. The molecule has 0 N–H and O–H groups in total. The Bertz CT molecular complexity index is 2030. The number of allylic oxidation sites excluding steroid dienone is 1. The van der Waals surface area contributed by atoms with Crippen LogP contribution in [0.25, 0.3) is 25.9 Å². The maximum atomic E-state index is 12.9.